The van der Waals surface area contributed by atoms with Gasteiger partial charge in [0, 0.05) is 3.57 Å². The molecule has 1 aromatic heterocycles. The summed E-state index contributed by atoms with van der Waals surface area (Å²) in [5, 5.41) is 9.89. The number of H-pyrrole nitrogens is 1. The molecular weight excluding hydrogens is 389 g/mol. The Balaban J connectivity index is 2.13. The third-order valence-electron chi connectivity index (χ3n) is 3.17. The Hall–Kier alpha value is -2.46. The van der Waals surface area contributed by atoms with E-state index in [1.54, 1.807) is 24.3 Å². The lowest BCUT2D eigenvalue weighted by atomic mass is 10.1. The molecule has 4 nitrogen and oxygen atoms in total. The normalized spacial score (nSPS) is 11.4. The zero-order chi connectivity index (χ0) is 15.5. The predicted octanol–water partition coefficient (Wildman–Crippen LogP) is 3.59. The van der Waals surface area contributed by atoms with E-state index >= 15 is 0 Å². The molecule has 106 valence electrons. The van der Waals surface area contributed by atoms with Crippen LogP contribution in [0.2, 0.25) is 0 Å². The minimum Gasteiger partial charge on any atom is -0.305 e. The van der Waals surface area contributed by atoms with Crippen LogP contribution in [-0.4, -0.2) is 9.97 Å². The van der Waals surface area contributed by atoms with Gasteiger partial charge in [-0.15, -0.1) is 0 Å². The second-order valence-electron chi connectivity index (χ2n) is 4.65. The van der Waals surface area contributed by atoms with Crippen molar-refractivity contribution in [3.8, 4) is 6.07 Å². The van der Waals surface area contributed by atoms with Gasteiger partial charge in [0.15, 0.2) is 5.82 Å². The van der Waals surface area contributed by atoms with E-state index in [0.29, 0.717) is 16.5 Å². The number of nitriles is 1. The molecule has 22 heavy (non-hydrogen) atoms. The van der Waals surface area contributed by atoms with Crippen LogP contribution in [0.15, 0.2) is 53.3 Å². The highest BCUT2D eigenvalue weighted by Crippen LogP contribution is 2.16. The third-order valence-corrected chi connectivity index (χ3v) is 3.89. The molecule has 1 N–H and O–H groups in total. The molecule has 0 saturated heterocycles. The maximum absolute atomic E-state index is 12.1. The van der Waals surface area contributed by atoms with E-state index in [1.807, 2.05) is 30.3 Å². The van der Waals surface area contributed by atoms with E-state index < -0.39 is 0 Å². The Labute approximate surface area is 140 Å². The van der Waals surface area contributed by atoms with Crippen LogP contribution in [-0.2, 0) is 0 Å². The van der Waals surface area contributed by atoms with E-state index in [2.05, 4.69) is 38.6 Å². The number of nitrogens with zero attached hydrogens (tertiary/aromatic N) is 2. The van der Waals surface area contributed by atoms with Gasteiger partial charge in [0.2, 0.25) is 0 Å². The highest BCUT2D eigenvalue weighted by atomic mass is 127. The molecule has 0 spiro atoms. The molecule has 1 heterocycles. The maximum atomic E-state index is 12.1. The SMILES string of the molecule is N#C/C(=C/c1ccc(I)cc1)c1nc2ccccc2c(=O)[nH]1. The molecule has 5 heteroatoms. The molecule has 0 unspecified atom stereocenters. The number of aromatic amines is 1. The minimum absolute atomic E-state index is 0.246. The van der Waals surface area contributed by atoms with Gasteiger partial charge in [0.1, 0.15) is 6.07 Å². The average Bonchev–Trinajstić information content (AvgIpc) is 2.54. The fourth-order valence-corrected chi connectivity index (χ4v) is 2.45. The number of allylic oxidation sites excluding steroid dienone is 1. The first-order chi connectivity index (χ1) is 10.7. The largest absolute Gasteiger partial charge is 0.305 e. The van der Waals surface area contributed by atoms with Crippen molar-refractivity contribution >= 4 is 45.1 Å². The summed E-state index contributed by atoms with van der Waals surface area (Å²) in [7, 11) is 0. The summed E-state index contributed by atoms with van der Waals surface area (Å²) in [4.78, 5) is 19.1. The monoisotopic (exact) mass is 399 g/mol. The minimum atomic E-state index is -0.246. The molecule has 0 aliphatic carbocycles. The van der Waals surface area contributed by atoms with Crippen LogP contribution >= 0.6 is 22.6 Å². The quantitative estimate of drug-likeness (QED) is 0.529. The zero-order valence-electron chi connectivity index (χ0n) is 11.4. The molecule has 0 saturated carbocycles. The molecular formula is C17H10IN3O. The van der Waals surface area contributed by atoms with E-state index in [9.17, 15) is 10.1 Å². The highest BCUT2D eigenvalue weighted by Gasteiger charge is 2.07. The number of hydrogen-bond acceptors (Lipinski definition) is 3. The van der Waals surface area contributed by atoms with E-state index in [4.69, 9.17) is 0 Å². The second-order valence-corrected chi connectivity index (χ2v) is 5.90. The number of rotatable bonds is 2. The average molecular weight is 399 g/mol. The Kier molecular flexibility index (Phi) is 4.02. The van der Waals surface area contributed by atoms with Gasteiger partial charge in [-0.1, -0.05) is 24.3 Å². The second kappa shape index (κ2) is 6.12. The van der Waals surface area contributed by atoms with E-state index in [1.165, 1.54) is 0 Å². The molecule has 0 fully saturated rings. The van der Waals surface area contributed by atoms with Crippen LogP contribution in [0.25, 0.3) is 22.6 Å². The Morgan fingerprint density at radius 3 is 2.64 bits per heavy atom. The number of halogens is 1. The standard InChI is InChI=1S/C17H10IN3O/c18-13-7-5-11(6-8-13)9-12(10-19)16-20-15-4-2-1-3-14(15)17(22)21-16/h1-9H,(H,20,21,22)/b12-9-. The summed E-state index contributed by atoms with van der Waals surface area (Å²) in [5.74, 6) is 0.282. The summed E-state index contributed by atoms with van der Waals surface area (Å²) >= 11 is 2.22. The number of para-hydroxylation sites is 1. The molecule has 0 aliphatic rings. The zero-order valence-corrected chi connectivity index (χ0v) is 13.5. The molecule has 3 rings (SSSR count). The molecule has 0 amide bonds. The maximum Gasteiger partial charge on any atom is 0.259 e. The first kappa shape index (κ1) is 14.5. The van der Waals surface area contributed by atoms with Gasteiger partial charge in [-0.25, -0.2) is 4.98 Å². The van der Waals surface area contributed by atoms with Crippen molar-refractivity contribution in [1.29, 1.82) is 5.26 Å². The van der Waals surface area contributed by atoms with Crippen molar-refractivity contribution in [3.63, 3.8) is 0 Å². The summed E-state index contributed by atoms with van der Waals surface area (Å²) in [6, 6.07) is 16.9. The smallest absolute Gasteiger partial charge is 0.259 e. The molecule has 3 aromatic rings. The van der Waals surface area contributed by atoms with Crippen molar-refractivity contribution in [1.82, 2.24) is 9.97 Å². The molecule has 2 aromatic carbocycles. The summed E-state index contributed by atoms with van der Waals surface area (Å²) in [6.45, 7) is 0. The number of nitrogens with one attached hydrogen (secondary N) is 1. The van der Waals surface area contributed by atoms with Crippen molar-refractivity contribution < 1.29 is 0 Å². The lowest BCUT2D eigenvalue weighted by Crippen LogP contribution is -2.11. The van der Waals surface area contributed by atoms with Crippen LogP contribution in [0.1, 0.15) is 11.4 Å². The molecule has 0 aliphatic heterocycles. The number of fused-ring (bicyclic) bond motifs is 1. The number of benzene rings is 2. The van der Waals surface area contributed by atoms with Gasteiger partial charge < -0.3 is 4.98 Å². The van der Waals surface area contributed by atoms with Crippen LogP contribution < -0.4 is 5.56 Å². The summed E-state index contributed by atoms with van der Waals surface area (Å²) < 4.78 is 1.12. The highest BCUT2D eigenvalue weighted by molar-refractivity contribution is 14.1. The van der Waals surface area contributed by atoms with E-state index in [-0.39, 0.29) is 11.4 Å². The molecule has 0 radical (unpaired) electrons. The Bertz CT molecular complexity index is 966. The van der Waals surface area contributed by atoms with Crippen molar-refractivity contribution in [2.24, 2.45) is 0 Å². The third kappa shape index (κ3) is 2.92. The number of aromatic nitrogens is 2. The van der Waals surface area contributed by atoms with Gasteiger partial charge >= 0.3 is 0 Å². The lowest BCUT2D eigenvalue weighted by Gasteiger charge is -2.02. The van der Waals surface area contributed by atoms with Crippen LogP contribution in [0, 0.1) is 14.9 Å². The van der Waals surface area contributed by atoms with Crippen molar-refractivity contribution in [3.05, 3.63) is 73.8 Å². The predicted molar refractivity (Wildman–Crippen MR) is 95.0 cm³/mol. The Morgan fingerprint density at radius 1 is 1.18 bits per heavy atom. The van der Waals surface area contributed by atoms with Crippen LogP contribution in [0.3, 0.4) is 0 Å². The molecule has 0 bridgehead atoms. The summed E-state index contributed by atoms with van der Waals surface area (Å²) in [6.07, 6.45) is 1.71. The first-order valence-corrected chi connectivity index (χ1v) is 7.62. The first-order valence-electron chi connectivity index (χ1n) is 6.54. The van der Waals surface area contributed by atoms with Gasteiger partial charge in [0.05, 0.1) is 16.5 Å². The van der Waals surface area contributed by atoms with E-state index in [0.717, 1.165) is 9.13 Å². The number of hydrogen-bond donors (Lipinski definition) is 1. The molecule has 0 atom stereocenters. The summed E-state index contributed by atoms with van der Waals surface area (Å²) in [5.41, 5.74) is 1.53. The Morgan fingerprint density at radius 2 is 1.91 bits per heavy atom. The van der Waals surface area contributed by atoms with Crippen molar-refractivity contribution in [2.45, 2.75) is 0 Å². The fourth-order valence-electron chi connectivity index (χ4n) is 2.09. The van der Waals surface area contributed by atoms with Crippen LogP contribution in [0.5, 0.6) is 0 Å². The van der Waals surface area contributed by atoms with Gasteiger partial charge in [-0.3, -0.25) is 4.79 Å². The van der Waals surface area contributed by atoms with Gasteiger partial charge in [-0.2, -0.15) is 5.26 Å². The van der Waals surface area contributed by atoms with Crippen LogP contribution in [0.4, 0.5) is 0 Å². The topological polar surface area (TPSA) is 69.5 Å². The lowest BCUT2D eigenvalue weighted by molar-refractivity contribution is 1.13. The van der Waals surface area contributed by atoms with Gasteiger partial charge in [0.25, 0.3) is 5.56 Å². The van der Waals surface area contributed by atoms with Crippen molar-refractivity contribution in [2.75, 3.05) is 0 Å². The fraction of sp³-hybridized carbons (Fsp3) is 0. The van der Waals surface area contributed by atoms with Gasteiger partial charge in [-0.05, 0) is 58.5 Å².